The van der Waals surface area contributed by atoms with E-state index in [9.17, 15) is 19.1 Å². The standard InChI is InChI=1S/C12H14FNO4/c1-7(12(17)18)6-14(2)11(16)9-5-8(13)3-4-10(9)15/h3-5,7,15H,6H2,1-2H3,(H,17,18). The fourth-order valence-electron chi connectivity index (χ4n) is 1.46. The summed E-state index contributed by atoms with van der Waals surface area (Å²) in [5.74, 6) is -3.38. The van der Waals surface area contributed by atoms with Crippen LogP contribution in [0.5, 0.6) is 5.75 Å². The first-order valence-corrected chi connectivity index (χ1v) is 5.29. The van der Waals surface area contributed by atoms with Gasteiger partial charge in [0.15, 0.2) is 0 Å². The summed E-state index contributed by atoms with van der Waals surface area (Å²) in [6.45, 7) is 1.43. The lowest BCUT2D eigenvalue weighted by atomic mass is 10.1. The van der Waals surface area contributed by atoms with Gasteiger partial charge in [0.05, 0.1) is 11.5 Å². The molecular formula is C12H14FNO4. The average Bonchev–Trinajstić information content (AvgIpc) is 2.31. The van der Waals surface area contributed by atoms with Gasteiger partial charge >= 0.3 is 5.97 Å². The first kappa shape index (κ1) is 14.0. The molecule has 0 saturated carbocycles. The zero-order chi connectivity index (χ0) is 13.9. The van der Waals surface area contributed by atoms with Crippen molar-refractivity contribution in [3.05, 3.63) is 29.6 Å². The maximum Gasteiger partial charge on any atom is 0.308 e. The first-order chi connectivity index (χ1) is 8.32. The van der Waals surface area contributed by atoms with Crippen LogP contribution in [0.4, 0.5) is 4.39 Å². The minimum Gasteiger partial charge on any atom is -0.507 e. The van der Waals surface area contributed by atoms with Gasteiger partial charge in [-0.3, -0.25) is 9.59 Å². The summed E-state index contributed by atoms with van der Waals surface area (Å²) in [5.41, 5.74) is -0.185. The number of benzene rings is 1. The van der Waals surface area contributed by atoms with Crippen LogP contribution in [0.1, 0.15) is 17.3 Å². The Balaban J connectivity index is 2.86. The molecule has 0 saturated heterocycles. The summed E-state index contributed by atoms with van der Waals surface area (Å²) in [5, 5.41) is 18.2. The molecule has 1 aromatic carbocycles. The van der Waals surface area contributed by atoms with Crippen molar-refractivity contribution in [3.8, 4) is 5.75 Å². The van der Waals surface area contributed by atoms with Crippen molar-refractivity contribution in [1.82, 2.24) is 4.90 Å². The summed E-state index contributed by atoms with van der Waals surface area (Å²) >= 11 is 0. The molecule has 0 aromatic heterocycles. The van der Waals surface area contributed by atoms with Crippen molar-refractivity contribution in [2.75, 3.05) is 13.6 Å². The van der Waals surface area contributed by atoms with Crippen molar-refractivity contribution >= 4 is 11.9 Å². The van der Waals surface area contributed by atoms with Crippen molar-refractivity contribution in [2.24, 2.45) is 5.92 Å². The van der Waals surface area contributed by atoms with Crippen LogP contribution in [-0.4, -0.2) is 40.6 Å². The fraction of sp³-hybridized carbons (Fsp3) is 0.333. The zero-order valence-electron chi connectivity index (χ0n) is 10.1. The molecule has 1 aromatic rings. The molecule has 0 aliphatic rings. The number of rotatable bonds is 4. The molecule has 1 rings (SSSR count). The monoisotopic (exact) mass is 255 g/mol. The molecule has 6 heteroatoms. The summed E-state index contributed by atoms with van der Waals surface area (Å²) in [4.78, 5) is 23.7. The highest BCUT2D eigenvalue weighted by Crippen LogP contribution is 2.19. The minimum absolute atomic E-state index is 0.0237. The van der Waals surface area contributed by atoms with E-state index in [1.165, 1.54) is 14.0 Å². The van der Waals surface area contributed by atoms with Crippen LogP contribution in [0.3, 0.4) is 0 Å². The van der Waals surface area contributed by atoms with Crippen molar-refractivity contribution in [2.45, 2.75) is 6.92 Å². The summed E-state index contributed by atoms with van der Waals surface area (Å²) in [6, 6.07) is 3.03. The molecule has 2 N–H and O–H groups in total. The third-order valence-corrected chi connectivity index (χ3v) is 2.50. The highest BCUT2D eigenvalue weighted by atomic mass is 19.1. The van der Waals surface area contributed by atoms with E-state index in [4.69, 9.17) is 5.11 Å². The SMILES string of the molecule is CC(CN(C)C(=O)c1cc(F)ccc1O)C(=O)O. The van der Waals surface area contributed by atoms with Crippen molar-refractivity contribution in [3.63, 3.8) is 0 Å². The van der Waals surface area contributed by atoms with E-state index in [2.05, 4.69) is 0 Å². The highest BCUT2D eigenvalue weighted by Gasteiger charge is 2.20. The predicted octanol–water partition coefficient (Wildman–Crippen LogP) is 1.32. The Bertz CT molecular complexity index is 475. The quantitative estimate of drug-likeness (QED) is 0.850. The number of phenolic OH excluding ortho intramolecular Hbond substituents is 1. The van der Waals surface area contributed by atoms with E-state index in [1.54, 1.807) is 0 Å². The number of carbonyl (C=O) groups is 2. The number of amides is 1. The van der Waals surface area contributed by atoms with Gasteiger partial charge in [-0.15, -0.1) is 0 Å². The summed E-state index contributed by atoms with van der Waals surface area (Å²) < 4.78 is 13.0. The molecule has 1 unspecified atom stereocenters. The molecule has 0 aliphatic heterocycles. The third kappa shape index (κ3) is 3.19. The van der Waals surface area contributed by atoms with Gasteiger partial charge in [0, 0.05) is 13.6 Å². The van der Waals surface area contributed by atoms with Crippen LogP contribution >= 0.6 is 0 Å². The number of carboxylic acids is 1. The van der Waals surface area contributed by atoms with Gasteiger partial charge < -0.3 is 15.1 Å². The lowest BCUT2D eigenvalue weighted by Gasteiger charge is -2.19. The predicted molar refractivity (Wildman–Crippen MR) is 61.8 cm³/mol. The van der Waals surface area contributed by atoms with E-state index >= 15 is 0 Å². The second-order valence-electron chi connectivity index (χ2n) is 4.09. The topological polar surface area (TPSA) is 77.8 Å². The number of aromatic hydroxyl groups is 1. The van der Waals surface area contributed by atoms with Gasteiger partial charge in [0.25, 0.3) is 5.91 Å². The number of carbonyl (C=O) groups excluding carboxylic acids is 1. The largest absolute Gasteiger partial charge is 0.507 e. The Morgan fingerprint density at radius 3 is 2.61 bits per heavy atom. The van der Waals surface area contributed by atoms with Crippen LogP contribution in [0.2, 0.25) is 0 Å². The highest BCUT2D eigenvalue weighted by molar-refractivity contribution is 5.96. The normalized spacial score (nSPS) is 11.9. The van der Waals surface area contributed by atoms with E-state index in [0.29, 0.717) is 0 Å². The molecule has 5 nitrogen and oxygen atoms in total. The molecule has 1 amide bonds. The van der Waals surface area contributed by atoms with Crippen molar-refractivity contribution < 1.29 is 24.2 Å². The first-order valence-electron chi connectivity index (χ1n) is 5.29. The Kier molecular flexibility index (Phi) is 4.25. The van der Waals surface area contributed by atoms with Gasteiger partial charge in [-0.1, -0.05) is 6.92 Å². The molecular weight excluding hydrogens is 241 g/mol. The Morgan fingerprint density at radius 2 is 2.06 bits per heavy atom. The molecule has 0 aliphatic carbocycles. The Labute approximate surface area is 103 Å². The van der Waals surface area contributed by atoms with Crippen LogP contribution in [0, 0.1) is 11.7 Å². The molecule has 0 fully saturated rings. The average molecular weight is 255 g/mol. The number of aliphatic carboxylic acids is 1. The molecule has 98 valence electrons. The number of hydrogen-bond donors (Lipinski definition) is 2. The number of phenols is 1. The van der Waals surface area contributed by atoms with Crippen LogP contribution < -0.4 is 0 Å². The van der Waals surface area contributed by atoms with Gasteiger partial charge in [-0.05, 0) is 18.2 Å². The van der Waals surface area contributed by atoms with E-state index < -0.39 is 23.6 Å². The summed E-state index contributed by atoms with van der Waals surface area (Å²) in [6.07, 6.45) is 0. The van der Waals surface area contributed by atoms with Gasteiger partial charge in [-0.2, -0.15) is 0 Å². The van der Waals surface area contributed by atoms with Crippen molar-refractivity contribution in [1.29, 1.82) is 0 Å². The van der Waals surface area contributed by atoms with Crippen LogP contribution in [0.25, 0.3) is 0 Å². The van der Waals surface area contributed by atoms with Crippen LogP contribution in [0.15, 0.2) is 18.2 Å². The van der Waals surface area contributed by atoms with Gasteiger partial charge in [-0.25, -0.2) is 4.39 Å². The van der Waals surface area contributed by atoms with E-state index in [-0.39, 0.29) is 17.9 Å². The van der Waals surface area contributed by atoms with Crippen LogP contribution in [-0.2, 0) is 4.79 Å². The minimum atomic E-state index is -1.03. The number of carboxylic acid groups (broad SMARTS) is 1. The zero-order valence-corrected chi connectivity index (χ0v) is 10.1. The Morgan fingerprint density at radius 1 is 1.44 bits per heavy atom. The summed E-state index contributed by atoms with van der Waals surface area (Å²) in [7, 11) is 1.39. The van der Waals surface area contributed by atoms with Gasteiger partial charge in [0.1, 0.15) is 11.6 Å². The molecule has 0 bridgehead atoms. The molecule has 0 radical (unpaired) electrons. The number of hydrogen-bond acceptors (Lipinski definition) is 3. The van der Waals surface area contributed by atoms with E-state index in [1.807, 2.05) is 0 Å². The maximum absolute atomic E-state index is 13.0. The second kappa shape index (κ2) is 5.48. The lowest BCUT2D eigenvalue weighted by Crippen LogP contribution is -2.33. The third-order valence-electron chi connectivity index (χ3n) is 2.50. The maximum atomic E-state index is 13.0. The Hall–Kier alpha value is -2.11. The number of nitrogens with zero attached hydrogens (tertiary/aromatic N) is 1. The van der Waals surface area contributed by atoms with E-state index in [0.717, 1.165) is 23.1 Å². The molecule has 0 heterocycles. The molecule has 0 spiro atoms. The number of halogens is 1. The molecule has 1 atom stereocenters. The second-order valence-corrected chi connectivity index (χ2v) is 4.09. The van der Waals surface area contributed by atoms with Gasteiger partial charge in [0.2, 0.25) is 0 Å². The smallest absolute Gasteiger partial charge is 0.308 e. The lowest BCUT2D eigenvalue weighted by molar-refractivity contribution is -0.141. The molecule has 18 heavy (non-hydrogen) atoms. The fourth-order valence-corrected chi connectivity index (χ4v) is 1.46.